The smallest absolute Gasteiger partial charge is 0.0348 e. The van der Waals surface area contributed by atoms with Crippen molar-refractivity contribution < 1.29 is 0 Å². The van der Waals surface area contributed by atoms with Crippen LogP contribution in [0.5, 0.6) is 0 Å². The molecule has 0 bridgehead atoms. The van der Waals surface area contributed by atoms with E-state index < -0.39 is 0 Å². The van der Waals surface area contributed by atoms with Gasteiger partial charge >= 0.3 is 0 Å². The second kappa shape index (κ2) is 7.45. The maximum Gasteiger partial charge on any atom is 0.0348 e. The molecule has 0 spiro atoms. The molecule has 1 aliphatic carbocycles. The minimum atomic E-state index is 0.544. The number of hydrogen-bond acceptors (Lipinski definition) is 1. The van der Waals surface area contributed by atoms with Gasteiger partial charge in [0.25, 0.3) is 0 Å². The molecule has 0 aliphatic heterocycles. The SMILES string of the molecule is CCNC(c1ccc(C)c(C)c1)C1CCC(C(C)C)CC1. The lowest BCUT2D eigenvalue weighted by atomic mass is 9.73. The van der Waals surface area contributed by atoms with E-state index in [1.54, 1.807) is 0 Å². The largest absolute Gasteiger partial charge is 0.310 e. The standard InChI is InChI=1S/C20H33N/c1-6-21-20(19-8-7-15(4)16(5)13-19)18-11-9-17(10-12-18)14(2)3/h7-8,13-14,17-18,20-21H,6,9-12H2,1-5H3. The summed E-state index contributed by atoms with van der Waals surface area (Å²) in [7, 11) is 0. The normalized spacial score (nSPS) is 24.3. The zero-order valence-corrected chi connectivity index (χ0v) is 14.6. The first kappa shape index (κ1) is 16.5. The van der Waals surface area contributed by atoms with Crippen molar-refractivity contribution in [2.75, 3.05) is 6.54 Å². The van der Waals surface area contributed by atoms with E-state index in [1.807, 2.05) is 0 Å². The van der Waals surface area contributed by atoms with E-state index in [0.717, 1.165) is 24.3 Å². The number of aryl methyl sites for hydroxylation is 2. The van der Waals surface area contributed by atoms with E-state index in [0.29, 0.717) is 6.04 Å². The summed E-state index contributed by atoms with van der Waals surface area (Å²) in [5.41, 5.74) is 4.32. The van der Waals surface area contributed by atoms with Gasteiger partial charge in [-0.3, -0.25) is 0 Å². The third kappa shape index (κ3) is 4.10. The molecule has 1 saturated carbocycles. The fraction of sp³-hybridized carbons (Fsp3) is 0.700. The predicted octanol–water partition coefficient (Wildman–Crippen LogP) is 5.42. The molecule has 2 rings (SSSR count). The Hall–Kier alpha value is -0.820. The van der Waals surface area contributed by atoms with Crippen LogP contribution in [0.4, 0.5) is 0 Å². The summed E-state index contributed by atoms with van der Waals surface area (Å²) in [6.45, 7) is 12.5. The minimum absolute atomic E-state index is 0.544. The first-order chi connectivity index (χ1) is 10.0. The Morgan fingerprint density at radius 2 is 1.62 bits per heavy atom. The van der Waals surface area contributed by atoms with Gasteiger partial charge in [0.2, 0.25) is 0 Å². The second-order valence-corrected chi connectivity index (χ2v) is 7.30. The molecule has 0 saturated heterocycles. The molecule has 1 aliphatic rings. The first-order valence-corrected chi connectivity index (χ1v) is 8.83. The molecule has 21 heavy (non-hydrogen) atoms. The van der Waals surface area contributed by atoms with Gasteiger partial charge in [-0.15, -0.1) is 0 Å². The molecular formula is C20H33N. The van der Waals surface area contributed by atoms with E-state index in [9.17, 15) is 0 Å². The number of rotatable bonds is 5. The molecular weight excluding hydrogens is 254 g/mol. The van der Waals surface area contributed by atoms with Crippen molar-refractivity contribution >= 4 is 0 Å². The molecule has 0 radical (unpaired) electrons. The summed E-state index contributed by atoms with van der Waals surface area (Å²) >= 11 is 0. The van der Waals surface area contributed by atoms with Crippen molar-refractivity contribution in [1.29, 1.82) is 0 Å². The molecule has 1 nitrogen and oxygen atoms in total. The van der Waals surface area contributed by atoms with Gasteiger partial charge in [-0.25, -0.2) is 0 Å². The average molecular weight is 287 g/mol. The van der Waals surface area contributed by atoms with E-state index in [4.69, 9.17) is 0 Å². The second-order valence-electron chi connectivity index (χ2n) is 7.30. The van der Waals surface area contributed by atoms with E-state index in [-0.39, 0.29) is 0 Å². The Morgan fingerprint density at radius 3 is 2.14 bits per heavy atom. The summed E-state index contributed by atoms with van der Waals surface area (Å²) < 4.78 is 0. The topological polar surface area (TPSA) is 12.0 Å². The van der Waals surface area contributed by atoms with Crippen LogP contribution in [0, 0.1) is 31.6 Å². The highest BCUT2D eigenvalue weighted by molar-refractivity contribution is 5.32. The Kier molecular flexibility index (Phi) is 5.87. The Bertz CT molecular complexity index is 441. The highest BCUT2D eigenvalue weighted by Crippen LogP contribution is 2.39. The van der Waals surface area contributed by atoms with Crippen LogP contribution in [0.2, 0.25) is 0 Å². The Morgan fingerprint density at radius 1 is 1.00 bits per heavy atom. The average Bonchev–Trinajstić information content (AvgIpc) is 2.48. The van der Waals surface area contributed by atoms with Crippen LogP contribution in [0.1, 0.15) is 69.2 Å². The van der Waals surface area contributed by atoms with Gasteiger partial charge in [0, 0.05) is 6.04 Å². The van der Waals surface area contributed by atoms with E-state index in [2.05, 4.69) is 58.1 Å². The highest BCUT2D eigenvalue weighted by Gasteiger charge is 2.29. The number of hydrogen-bond donors (Lipinski definition) is 1. The zero-order chi connectivity index (χ0) is 15.4. The van der Waals surface area contributed by atoms with Crippen LogP contribution in [0.3, 0.4) is 0 Å². The van der Waals surface area contributed by atoms with E-state index >= 15 is 0 Å². The van der Waals surface area contributed by atoms with Crippen molar-refractivity contribution in [1.82, 2.24) is 5.32 Å². The summed E-state index contributed by atoms with van der Waals surface area (Å²) in [6, 6.07) is 7.57. The van der Waals surface area contributed by atoms with Crippen molar-refractivity contribution in [3.05, 3.63) is 34.9 Å². The maximum atomic E-state index is 3.76. The summed E-state index contributed by atoms with van der Waals surface area (Å²) in [5.74, 6) is 2.61. The molecule has 1 N–H and O–H groups in total. The van der Waals surface area contributed by atoms with Crippen LogP contribution in [-0.2, 0) is 0 Å². The fourth-order valence-electron chi connectivity index (χ4n) is 3.88. The number of benzene rings is 1. The summed E-state index contributed by atoms with van der Waals surface area (Å²) in [6.07, 6.45) is 5.59. The molecule has 1 aromatic rings. The van der Waals surface area contributed by atoms with Crippen molar-refractivity contribution in [3.8, 4) is 0 Å². The summed E-state index contributed by atoms with van der Waals surface area (Å²) in [5, 5.41) is 3.76. The predicted molar refractivity (Wildman–Crippen MR) is 92.6 cm³/mol. The first-order valence-electron chi connectivity index (χ1n) is 8.83. The molecule has 0 aromatic heterocycles. The van der Waals surface area contributed by atoms with Crippen molar-refractivity contribution in [2.45, 2.75) is 66.3 Å². The van der Waals surface area contributed by atoms with Gasteiger partial charge in [0.05, 0.1) is 0 Å². The van der Waals surface area contributed by atoms with Gasteiger partial charge < -0.3 is 5.32 Å². The molecule has 1 aromatic carbocycles. The zero-order valence-electron chi connectivity index (χ0n) is 14.6. The highest BCUT2D eigenvalue weighted by atomic mass is 14.9. The van der Waals surface area contributed by atoms with Crippen LogP contribution in [0.15, 0.2) is 18.2 Å². The lowest BCUT2D eigenvalue weighted by Gasteiger charge is -2.36. The van der Waals surface area contributed by atoms with Crippen molar-refractivity contribution in [3.63, 3.8) is 0 Å². The molecule has 1 heteroatoms. The maximum absolute atomic E-state index is 3.76. The summed E-state index contributed by atoms with van der Waals surface area (Å²) in [4.78, 5) is 0. The lowest BCUT2D eigenvalue weighted by molar-refractivity contribution is 0.190. The molecule has 0 heterocycles. The monoisotopic (exact) mass is 287 g/mol. The minimum Gasteiger partial charge on any atom is -0.310 e. The van der Waals surface area contributed by atoms with Crippen LogP contribution < -0.4 is 5.32 Å². The number of nitrogens with one attached hydrogen (secondary N) is 1. The van der Waals surface area contributed by atoms with Crippen molar-refractivity contribution in [2.24, 2.45) is 17.8 Å². The Balaban J connectivity index is 2.10. The van der Waals surface area contributed by atoms with Gasteiger partial charge in [0.1, 0.15) is 0 Å². The van der Waals surface area contributed by atoms with Gasteiger partial charge in [-0.05, 0) is 80.5 Å². The van der Waals surface area contributed by atoms with Crippen LogP contribution >= 0.6 is 0 Å². The quantitative estimate of drug-likeness (QED) is 0.763. The molecule has 1 atom stereocenters. The lowest BCUT2D eigenvalue weighted by Crippen LogP contribution is -2.31. The van der Waals surface area contributed by atoms with Gasteiger partial charge in [-0.2, -0.15) is 0 Å². The Labute approximate surface area is 131 Å². The molecule has 0 amide bonds. The van der Waals surface area contributed by atoms with Gasteiger partial charge in [-0.1, -0.05) is 39.0 Å². The van der Waals surface area contributed by atoms with Gasteiger partial charge in [0.15, 0.2) is 0 Å². The third-order valence-corrected chi connectivity index (χ3v) is 5.54. The van der Waals surface area contributed by atoms with E-state index in [1.165, 1.54) is 42.4 Å². The van der Waals surface area contributed by atoms with Crippen LogP contribution in [0.25, 0.3) is 0 Å². The van der Waals surface area contributed by atoms with Crippen LogP contribution in [-0.4, -0.2) is 6.54 Å². The molecule has 1 unspecified atom stereocenters. The molecule has 118 valence electrons. The molecule has 1 fully saturated rings. The third-order valence-electron chi connectivity index (χ3n) is 5.54. The fourth-order valence-corrected chi connectivity index (χ4v) is 3.88.